The van der Waals surface area contributed by atoms with Gasteiger partial charge in [0, 0.05) is 18.8 Å². The van der Waals surface area contributed by atoms with E-state index in [2.05, 4.69) is 35.9 Å². The van der Waals surface area contributed by atoms with Crippen molar-refractivity contribution < 1.29 is 9.53 Å². The summed E-state index contributed by atoms with van der Waals surface area (Å²) in [5.41, 5.74) is 1.72. The van der Waals surface area contributed by atoms with E-state index in [-0.39, 0.29) is 12.0 Å². The predicted molar refractivity (Wildman–Crippen MR) is 83.3 cm³/mol. The number of carbonyl (C=O) groups excluding carboxylic acids is 1. The third-order valence-electron chi connectivity index (χ3n) is 3.28. The smallest absolute Gasteiger partial charge is 0.338 e. The van der Waals surface area contributed by atoms with Crippen LogP contribution in [0.15, 0.2) is 48.7 Å². The second-order valence-electron chi connectivity index (χ2n) is 5.10. The number of esters is 1. The molecule has 0 spiro atoms. The quantitative estimate of drug-likeness (QED) is 0.790. The topological polar surface area (TPSA) is 42.4 Å². The van der Waals surface area contributed by atoms with E-state index >= 15 is 0 Å². The number of rotatable bonds is 5. The number of hydrogen-bond acceptors (Lipinski definition) is 4. The predicted octanol–water partition coefficient (Wildman–Crippen LogP) is 3.28. The lowest BCUT2D eigenvalue weighted by molar-refractivity contribution is 0.0600. The Morgan fingerprint density at radius 2 is 1.95 bits per heavy atom. The molecule has 0 N–H and O–H groups in total. The Balaban J connectivity index is 2.28. The summed E-state index contributed by atoms with van der Waals surface area (Å²) in [7, 11) is 1.38. The number of ether oxygens (including phenoxy) is 1. The van der Waals surface area contributed by atoms with Gasteiger partial charge in [-0.15, -0.1) is 0 Å². The monoisotopic (exact) mass is 284 g/mol. The van der Waals surface area contributed by atoms with Crippen LogP contribution in [0.1, 0.15) is 29.8 Å². The molecule has 2 aromatic rings. The fourth-order valence-corrected chi connectivity index (χ4v) is 2.13. The fourth-order valence-electron chi connectivity index (χ4n) is 2.13. The number of nitrogens with zero attached hydrogens (tertiary/aromatic N) is 2. The van der Waals surface area contributed by atoms with Gasteiger partial charge in [-0.05, 0) is 31.5 Å². The van der Waals surface area contributed by atoms with Crippen LogP contribution in [0.2, 0.25) is 0 Å². The van der Waals surface area contributed by atoms with Crippen molar-refractivity contribution >= 4 is 11.8 Å². The first kappa shape index (κ1) is 15.0. The summed E-state index contributed by atoms with van der Waals surface area (Å²) in [5.74, 6) is 0.429. The van der Waals surface area contributed by atoms with Crippen molar-refractivity contribution in [3.63, 3.8) is 0 Å². The molecule has 1 aromatic heterocycles. The third-order valence-corrected chi connectivity index (χ3v) is 3.28. The Bertz CT molecular complexity index is 597. The Hall–Kier alpha value is -2.36. The lowest BCUT2D eigenvalue weighted by Crippen LogP contribution is -2.31. The van der Waals surface area contributed by atoms with Crippen LogP contribution in [0.5, 0.6) is 0 Å². The van der Waals surface area contributed by atoms with Crippen LogP contribution >= 0.6 is 0 Å². The molecule has 0 radical (unpaired) electrons. The van der Waals surface area contributed by atoms with Gasteiger partial charge in [-0.1, -0.05) is 30.3 Å². The molecule has 0 amide bonds. The highest BCUT2D eigenvalue weighted by atomic mass is 16.5. The van der Waals surface area contributed by atoms with E-state index in [0.717, 1.165) is 12.4 Å². The molecule has 0 saturated carbocycles. The number of benzene rings is 1. The standard InChI is InChI=1S/C17H20N2O2/c1-13(2)19(12-14-7-5-4-6-8-14)16-11-15(9-10-18-16)17(20)21-3/h4-11,13H,12H2,1-3H3. The molecule has 0 unspecified atom stereocenters. The van der Waals surface area contributed by atoms with Gasteiger partial charge in [0.2, 0.25) is 0 Å². The van der Waals surface area contributed by atoms with Gasteiger partial charge in [0.15, 0.2) is 0 Å². The highest BCUT2D eigenvalue weighted by molar-refractivity contribution is 5.90. The van der Waals surface area contributed by atoms with Gasteiger partial charge < -0.3 is 9.64 Å². The molecule has 21 heavy (non-hydrogen) atoms. The highest BCUT2D eigenvalue weighted by Gasteiger charge is 2.15. The van der Waals surface area contributed by atoms with E-state index in [1.54, 1.807) is 18.3 Å². The Labute approximate surface area is 125 Å². The van der Waals surface area contributed by atoms with Crippen LogP contribution in [0.4, 0.5) is 5.82 Å². The summed E-state index contributed by atoms with van der Waals surface area (Å²) < 4.78 is 4.76. The Morgan fingerprint density at radius 3 is 2.57 bits per heavy atom. The van der Waals surface area contributed by atoms with Crippen LogP contribution in [0.3, 0.4) is 0 Å². The fraction of sp³-hybridized carbons (Fsp3) is 0.294. The molecule has 1 aromatic carbocycles. The zero-order valence-electron chi connectivity index (χ0n) is 12.6. The molecule has 0 fully saturated rings. The summed E-state index contributed by atoms with van der Waals surface area (Å²) in [6, 6.07) is 13.9. The van der Waals surface area contributed by atoms with Crippen molar-refractivity contribution in [2.45, 2.75) is 26.4 Å². The van der Waals surface area contributed by atoms with Crippen LogP contribution in [0, 0.1) is 0 Å². The minimum absolute atomic E-state index is 0.269. The maximum atomic E-state index is 11.6. The maximum absolute atomic E-state index is 11.6. The van der Waals surface area contributed by atoms with E-state index in [9.17, 15) is 4.79 Å². The molecule has 4 nitrogen and oxygen atoms in total. The first-order valence-corrected chi connectivity index (χ1v) is 6.96. The number of anilines is 1. The number of carbonyl (C=O) groups is 1. The molecule has 2 rings (SSSR count). The van der Waals surface area contributed by atoms with Crippen LogP contribution < -0.4 is 4.90 Å². The summed E-state index contributed by atoms with van der Waals surface area (Å²) >= 11 is 0. The third kappa shape index (κ3) is 3.81. The van der Waals surface area contributed by atoms with Crippen molar-refractivity contribution in [1.82, 2.24) is 4.98 Å². The van der Waals surface area contributed by atoms with Gasteiger partial charge in [-0.2, -0.15) is 0 Å². The lowest BCUT2D eigenvalue weighted by atomic mass is 10.1. The van der Waals surface area contributed by atoms with Gasteiger partial charge in [0.25, 0.3) is 0 Å². The van der Waals surface area contributed by atoms with Crippen LogP contribution in [-0.4, -0.2) is 24.1 Å². The zero-order valence-corrected chi connectivity index (χ0v) is 12.6. The molecular weight excluding hydrogens is 264 g/mol. The van der Waals surface area contributed by atoms with E-state index in [1.807, 2.05) is 18.2 Å². The largest absolute Gasteiger partial charge is 0.465 e. The number of methoxy groups -OCH3 is 1. The van der Waals surface area contributed by atoms with Gasteiger partial charge >= 0.3 is 5.97 Å². The van der Waals surface area contributed by atoms with Crippen molar-refractivity contribution in [3.05, 3.63) is 59.8 Å². The first-order valence-electron chi connectivity index (χ1n) is 6.96. The van der Waals surface area contributed by atoms with Gasteiger partial charge in [0.05, 0.1) is 12.7 Å². The molecule has 1 heterocycles. The maximum Gasteiger partial charge on any atom is 0.338 e. The summed E-state index contributed by atoms with van der Waals surface area (Å²) in [4.78, 5) is 18.2. The molecule has 0 atom stereocenters. The van der Waals surface area contributed by atoms with Crippen molar-refractivity contribution in [3.8, 4) is 0 Å². The van der Waals surface area contributed by atoms with E-state index in [0.29, 0.717) is 5.56 Å². The highest BCUT2D eigenvalue weighted by Crippen LogP contribution is 2.19. The average Bonchev–Trinajstić information content (AvgIpc) is 2.52. The zero-order chi connectivity index (χ0) is 15.2. The van der Waals surface area contributed by atoms with Gasteiger partial charge in [-0.25, -0.2) is 9.78 Å². The summed E-state index contributed by atoms with van der Waals surface area (Å²) in [6.45, 7) is 4.96. The number of pyridine rings is 1. The average molecular weight is 284 g/mol. The van der Waals surface area contributed by atoms with E-state index < -0.39 is 0 Å². The lowest BCUT2D eigenvalue weighted by Gasteiger charge is -2.28. The second kappa shape index (κ2) is 6.88. The Morgan fingerprint density at radius 1 is 1.24 bits per heavy atom. The minimum Gasteiger partial charge on any atom is -0.465 e. The summed E-state index contributed by atoms with van der Waals surface area (Å²) in [6.07, 6.45) is 1.64. The number of aromatic nitrogens is 1. The Kier molecular flexibility index (Phi) is 4.93. The number of hydrogen-bond donors (Lipinski definition) is 0. The normalized spacial score (nSPS) is 10.5. The molecule has 0 aliphatic rings. The molecule has 0 aliphatic carbocycles. The second-order valence-corrected chi connectivity index (χ2v) is 5.10. The van der Waals surface area contributed by atoms with Crippen LogP contribution in [-0.2, 0) is 11.3 Å². The first-order chi connectivity index (χ1) is 10.1. The minimum atomic E-state index is -0.345. The van der Waals surface area contributed by atoms with E-state index in [4.69, 9.17) is 4.74 Å². The van der Waals surface area contributed by atoms with Crippen molar-refractivity contribution in [2.75, 3.05) is 12.0 Å². The SMILES string of the molecule is COC(=O)c1ccnc(N(Cc2ccccc2)C(C)C)c1. The molecular formula is C17H20N2O2. The molecule has 110 valence electrons. The molecule has 0 bridgehead atoms. The van der Waals surface area contributed by atoms with Gasteiger partial charge in [-0.3, -0.25) is 0 Å². The summed E-state index contributed by atoms with van der Waals surface area (Å²) in [5, 5.41) is 0. The van der Waals surface area contributed by atoms with Crippen molar-refractivity contribution in [2.24, 2.45) is 0 Å². The van der Waals surface area contributed by atoms with E-state index in [1.165, 1.54) is 12.7 Å². The molecule has 4 heteroatoms. The molecule has 0 saturated heterocycles. The van der Waals surface area contributed by atoms with Gasteiger partial charge in [0.1, 0.15) is 5.82 Å². The molecule has 0 aliphatic heterocycles. The van der Waals surface area contributed by atoms with Crippen molar-refractivity contribution in [1.29, 1.82) is 0 Å². The van der Waals surface area contributed by atoms with Crippen LogP contribution in [0.25, 0.3) is 0 Å².